The number of aryl methyl sites for hydroxylation is 1. The number of imide groups is 1. The quantitative estimate of drug-likeness (QED) is 0.703. The van der Waals surface area contributed by atoms with Gasteiger partial charge in [0.25, 0.3) is 5.24 Å². The van der Waals surface area contributed by atoms with Crippen molar-refractivity contribution in [3.8, 4) is 0 Å². The second kappa shape index (κ2) is 9.31. The van der Waals surface area contributed by atoms with E-state index in [9.17, 15) is 14.4 Å². The van der Waals surface area contributed by atoms with Crippen molar-refractivity contribution in [1.29, 1.82) is 0 Å². The summed E-state index contributed by atoms with van der Waals surface area (Å²) in [7, 11) is 0. The van der Waals surface area contributed by atoms with Gasteiger partial charge in [0.05, 0.1) is 11.3 Å². The maximum absolute atomic E-state index is 13.4. The highest BCUT2D eigenvalue weighted by Crippen LogP contribution is 2.42. The molecule has 0 aromatic heterocycles. The molecule has 0 aliphatic carbocycles. The molecule has 6 nitrogen and oxygen atoms in total. The number of benzene rings is 2. The molecule has 7 heteroatoms. The lowest BCUT2D eigenvalue weighted by Crippen LogP contribution is -2.44. The van der Waals surface area contributed by atoms with Gasteiger partial charge in [-0.05, 0) is 74.4 Å². The summed E-state index contributed by atoms with van der Waals surface area (Å²) in [5.74, 6) is 0.312. The van der Waals surface area contributed by atoms with E-state index in [0.29, 0.717) is 25.2 Å². The largest absolute Gasteiger partial charge is 0.317 e. The SMILES string of the molecule is Cc1ccc(C(C2CCNCC2)N2C(=O)CCc3c(CC4SC(=O)NC4=O)cccc32)cc1. The molecule has 3 amide bonds. The highest BCUT2D eigenvalue weighted by Gasteiger charge is 2.38. The average Bonchev–Trinajstić information content (AvgIpc) is 3.14. The van der Waals surface area contributed by atoms with Gasteiger partial charge in [-0.25, -0.2) is 0 Å². The zero-order chi connectivity index (χ0) is 22.9. The number of thioether (sulfide) groups is 1. The molecular weight excluding hydrogens is 434 g/mol. The minimum Gasteiger partial charge on any atom is -0.317 e. The summed E-state index contributed by atoms with van der Waals surface area (Å²) < 4.78 is 0. The van der Waals surface area contributed by atoms with E-state index in [0.717, 1.165) is 54.5 Å². The topological polar surface area (TPSA) is 78.5 Å². The summed E-state index contributed by atoms with van der Waals surface area (Å²) in [6, 6.07) is 14.6. The first-order chi connectivity index (χ1) is 16.0. The predicted octanol–water partition coefficient (Wildman–Crippen LogP) is 3.91. The van der Waals surface area contributed by atoms with Crippen molar-refractivity contribution in [3.63, 3.8) is 0 Å². The second-order valence-electron chi connectivity index (χ2n) is 9.21. The van der Waals surface area contributed by atoms with E-state index in [1.807, 2.05) is 23.1 Å². The Balaban J connectivity index is 1.54. The average molecular weight is 464 g/mol. The fourth-order valence-electron chi connectivity index (χ4n) is 5.40. The number of hydrogen-bond donors (Lipinski definition) is 2. The molecule has 2 fully saturated rings. The normalized spacial score (nSPS) is 22.3. The van der Waals surface area contributed by atoms with Gasteiger partial charge in [0.15, 0.2) is 0 Å². The Morgan fingerprint density at radius 3 is 2.48 bits per heavy atom. The van der Waals surface area contributed by atoms with Crippen LogP contribution in [0.15, 0.2) is 42.5 Å². The van der Waals surface area contributed by atoms with Gasteiger partial charge in [-0.3, -0.25) is 19.7 Å². The molecule has 2 saturated heterocycles. The Morgan fingerprint density at radius 2 is 1.79 bits per heavy atom. The van der Waals surface area contributed by atoms with E-state index in [2.05, 4.69) is 41.8 Å². The monoisotopic (exact) mass is 463 g/mol. The first-order valence-electron chi connectivity index (χ1n) is 11.7. The number of nitrogens with zero attached hydrogens (tertiary/aromatic N) is 1. The van der Waals surface area contributed by atoms with Crippen LogP contribution in [-0.4, -0.2) is 35.4 Å². The van der Waals surface area contributed by atoms with Crippen LogP contribution in [0.4, 0.5) is 10.5 Å². The lowest BCUT2D eigenvalue weighted by molar-refractivity contribution is -0.120. The van der Waals surface area contributed by atoms with Crippen molar-refractivity contribution >= 4 is 34.5 Å². The van der Waals surface area contributed by atoms with Gasteiger partial charge in [-0.1, -0.05) is 53.7 Å². The Bertz CT molecular complexity index is 1080. The van der Waals surface area contributed by atoms with Gasteiger partial charge >= 0.3 is 0 Å². The Labute approximate surface area is 198 Å². The van der Waals surface area contributed by atoms with Crippen LogP contribution >= 0.6 is 11.8 Å². The summed E-state index contributed by atoms with van der Waals surface area (Å²) in [6.07, 6.45) is 3.67. The lowest BCUT2D eigenvalue weighted by Gasteiger charge is -2.42. The van der Waals surface area contributed by atoms with E-state index in [1.54, 1.807) is 0 Å². The number of piperidine rings is 1. The third-order valence-electron chi connectivity index (χ3n) is 7.07. The van der Waals surface area contributed by atoms with E-state index in [4.69, 9.17) is 0 Å². The van der Waals surface area contributed by atoms with E-state index in [-0.39, 0.29) is 23.1 Å². The standard InChI is InChI=1S/C26H29N3O3S/c1-16-5-7-17(8-6-16)24(18-11-13-27-14-12-18)29-21-4-2-3-19(20(21)9-10-23(29)30)15-22-25(31)28-26(32)33-22/h2-8,18,22,24,27H,9-15H2,1H3,(H,28,31,32). The van der Waals surface area contributed by atoms with Crippen molar-refractivity contribution in [1.82, 2.24) is 10.6 Å². The van der Waals surface area contributed by atoms with Crippen molar-refractivity contribution in [2.45, 2.75) is 50.3 Å². The lowest BCUT2D eigenvalue weighted by atomic mass is 9.82. The van der Waals surface area contributed by atoms with Crippen LogP contribution in [0.2, 0.25) is 0 Å². The molecular formula is C26H29N3O3S. The molecule has 3 aliphatic rings. The van der Waals surface area contributed by atoms with E-state index >= 15 is 0 Å². The molecule has 0 radical (unpaired) electrons. The molecule has 5 rings (SSSR count). The zero-order valence-corrected chi connectivity index (χ0v) is 19.6. The molecule has 33 heavy (non-hydrogen) atoms. The molecule has 2 aromatic rings. The molecule has 3 heterocycles. The van der Waals surface area contributed by atoms with E-state index < -0.39 is 5.25 Å². The molecule has 3 aliphatic heterocycles. The van der Waals surface area contributed by atoms with Gasteiger partial charge in [-0.2, -0.15) is 0 Å². The predicted molar refractivity (Wildman–Crippen MR) is 130 cm³/mol. The molecule has 2 atom stereocenters. The first kappa shape index (κ1) is 22.2. The van der Waals surface area contributed by atoms with Gasteiger partial charge in [-0.15, -0.1) is 0 Å². The minimum atomic E-state index is -0.410. The number of amides is 3. The summed E-state index contributed by atoms with van der Waals surface area (Å²) >= 11 is 1.06. The number of carbonyl (C=O) groups excluding carboxylic acids is 3. The molecule has 0 saturated carbocycles. The third-order valence-corrected chi connectivity index (χ3v) is 8.05. The Kier molecular flexibility index (Phi) is 6.25. The summed E-state index contributed by atoms with van der Waals surface area (Å²) in [4.78, 5) is 39.3. The van der Waals surface area contributed by atoms with Crippen molar-refractivity contribution < 1.29 is 14.4 Å². The van der Waals surface area contributed by atoms with Crippen LogP contribution in [0.5, 0.6) is 0 Å². The van der Waals surface area contributed by atoms with Crippen LogP contribution in [0.1, 0.15) is 47.6 Å². The van der Waals surface area contributed by atoms with Gasteiger partial charge < -0.3 is 10.2 Å². The smallest absolute Gasteiger partial charge is 0.286 e. The zero-order valence-electron chi connectivity index (χ0n) is 18.8. The van der Waals surface area contributed by atoms with Crippen LogP contribution in [0.25, 0.3) is 0 Å². The number of anilines is 1. The van der Waals surface area contributed by atoms with E-state index in [1.165, 1.54) is 11.1 Å². The molecule has 172 valence electrons. The maximum atomic E-state index is 13.4. The van der Waals surface area contributed by atoms with Crippen LogP contribution in [0.3, 0.4) is 0 Å². The van der Waals surface area contributed by atoms with Crippen LogP contribution in [0, 0.1) is 12.8 Å². The Hall–Kier alpha value is -2.64. The summed E-state index contributed by atoms with van der Waals surface area (Å²) in [5, 5.41) is 5.14. The van der Waals surface area contributed by atoms with Crippen LogP contribution in [-0.2, 0) is 22.4 Å². The number of carbonyl (C=O) groups is 3. The maximum Gasteiger partial charge on any atom is 0.286 e. The molecule has 0 bridgehead atoms. The summed E-state index contributed by atoms with van der Waals surface area (Å²) in [5.41, 5.74) is 5.53. The van der Waals surface area contributed by atoms with Crippen molar-refractivity contribution in [3.05, 3.63) is 64.7 Å². The third kappa shape index (κ3) is 4.44. The van der Waals surface area contributed by atoms with Gasteiger partial charge in [0.2, 0.25) is 11.8 Å². The highest BCUT2D eigenvalue weighted by atomic mass is 32.2. The molecule has 2 unspecified atom stereocenters. The fraction of sp³-hybridized carbons (Fsp3) is 0.423. The van der Waals surface area contributed by atoms with Crippen molar-refractivity contribution in [2.24, 2.45) is 5.92 Å². The number of hydrogen-bond acceptors (Lipinski definition) is 5. The number of fused-ring (bicyclic) bond motifs is 1. The number of nitrogens with one attached hydrogen (secondary N) is 2. The van der Waals surface area contributed by atoms with Gasteiger partial charge in [0, 0.05) is 12.1 Å². The van der Waals surface area contributed by atoms with Gasteiger partial charge in [0.1, 0.15) is 0 Å². The Morgan fingerprint density at radius 1 is 1.03 bits per heavy atom. The second-order valence-corrected chi connectivity index (χ2v) is 10.4. The van der Waals surface area contributed by atoms with Crippen molar-refractivity contribution in [2.75, 3.05) is 18.0 Å². The first-order valence-corrected chi connectivity index (χ1v) is 12.6. The fourth-order valence-corrected chi connectivity index (χ4v) is 6.25. The minimum absolute atomic E-state index is 0.0137. The molecule has 2 N–H and O–H groups in total. The highest BCUT2D eigenvalue weighted by molar-refractivity contribution is 8.15. The molecule has 2 aromatic carbocycles. The summed E-state index contributed by atoms with van der Waals surface area (Å²) in [6.45, 7) is 4.01. The van der Waals surface area contributed by atoms with Crippen LogP contribution < -0.4 is 15.5 Å². The number of rotatable bonds is 5. The molecule has 0 spiro atoms.